The lowest BCUT2D eigenvalue weighted by Gasteiger charge is -2.29. The fourth-order valence-electron chi connectivity index (χ4n) is 2.24. The van der Waals surface area contributed by atoms with Crippen molar-refractivity contribution in [3.8, 4) is 0 Å². The third-order valence-corrected chi connectivity index (χ3v) is 3.74. The summed E-state index contributed by atoms with van der Waals surface area (Å²) in [7, 11) is 1.27. The Morgan fingerprint density at radius 1 is 1.27 bits per heavy atom. The van der Waals surface area contributed by atoms with E-state index in [9.17, 15) is 9.59 Å². The molecule has 0 radical (unpaired) electrons. The summed E-state index contributed by atoms with van der Waals surface area (Å²) >= 11 is 0. The zero-order chi connectivity index (χ0) is 16.6. The van der Waals surface area contributed by atoms with Crippen molar-refractivity contribution in [3.05, 3.63) is 35.9 Å². The van der Waals surface area contributed by atoms with Gasteiger partial charge in [-0.2, -0.15) is 0 Å². The van der Waals surface area contributed by atoms with Crippen molar-refractivity contribution in [2.24, 2.45) is 0 Å². The van der Waals surface area contributed by atoms with E-state index in [1.165, 1.54) is 12.7 Å². The van der Waals surface area contributed by atoms with Crippen LogP contribution in [-0.2, 0) is 14.3 Å². The smallest absolute Gasteiger partial charge is 0.407 e. The van der Waals surface area contributed by atoms with E-state index in [1.54, 1.807) is 13.8 Å². The van der Waals surface area contributed by atoms with E-state index in [0.717, 1.165) is 6.42 Å². The number of alkyl carbamates (subject to hydrolysis) is 1. The lowest BCUT2D eigenvalue weighted by Crippen LogP contribution is -2.53. The van der Waals surface area contributed by atoms with Crippen LogP contribution in [0.3, 0.4) is 0 Å². The van der Waals surface area contributed by atoms with Crippen molar-refractivity contribution < 1.29 is 19.1 Å². The van der Waals surface area contributed by atoms with Gasteiger partial charge in [-0.3, -0.25) is 0 Å². The van der Waals surface area contributed by atoms with Crippen LogP contribution in [0.25, 0.3) is 0 Å². The van der Waals surface area contributed by atoms with Gasteiger partial charge in [-0.25, -0.2) is 9.59 Å². The zero-order valence-electron chi connectivity index (χ0n) is 13.7. The molecule has 5 heteroatoms. The summed E-state index contributed by atoms with van der Waals surface area (Å²) in [5, 5.41) is 2.60. The molecule has 2 unspecified atom stereocenters. The molecule has 2 atom stereocenters. The van der Waals surface area contributed by atoms with Crippen LogP contribution in [-0.4, -0.2) is 31.3 Å². The molecule has 0 heterocycles. The molecular formula is C17H25NO4. The molecule has 0 aliphatic rings. The van der Waals surface area contributed by atoms with E-state index < -0.39 is 17.6 Å². The maximum Gasteiger partial charge on any atom is 0.407 e. The lowest BCUT2D eigenvalue weighted by molar-refractivity contribution is -0.150. The molecule has 0 aliphatic carbocycles. The number of hydrogen-bond donors (Lipinski definition) is 1. The first kappa shape index (κ1) is 18.0. The Labute approximate surface area is 132 Å². The monoisotopic (exact) mass is 307 g/mol. The van der Waals surface area contributed by atoms with E-state index in [1.807, 2.05) is 18.2 Å². The molecule has 1 rings (SSSR count). The van der Waals surface area contributed by atoms with Crippen LogP contribution in [0.5, 0.6) is 0 Å². The second-order valence-electron chi connectivity index (χ2n) is 5.52. The summed E-state index contributed by atoms with van der Waals surface area (Å²) in [4.78, 5) is 23.7. The van der Waals surface area contributed by atoms with E-state index in [2.05, 4.69) is 29.1 Å². The highest BCUT2D eigenvalue weighted by molar-refractivity contribution is 5.85. The molecule has 0 aromatic heterocycles. The van der Waals surface area contributed by atoms with Gasteiger partial charge in [-0.15, -0.1) is 0 Å². The van der Waals surface area contributed by atoms with Crippen LogP contribution in [0.1, 0.15) is 45.1 Å². The molecule has 0 saturated heterocycles. The van der Waals surface area contributed by atoms with E-state index in [0.29, 0.717) is 6.42 Å². The van der Waals surface area contributed by atoms with Gasteiger partial charge in [-0.1, -0.05) is 37.3 Å². The van der Waals surface area contributed by atoms with Crippen LogP contribution >= 0.6 is 0 Å². The molecule has 0 spiro atoms. The highest BCUT2D eigenvalue weighted by Gasteiger charge is 2.37. The van der Waals surface area contributed by atoms with Crippen molar-refractivity contribution in [3.63, 3.8) is 0 Å². The van der Waals surface area contributed by atoms with Crippen LogP contribution in [0.15, 0.2) is 30.3 Å². The second kappa shape index (κ2) is 8.41. The molecule has 1 aromatic carbocycles. The maximum atomic E-state index is 12.2. The normalized spacial score (nSPS) is 14.5. The zero-order valence-corrected chi connectivity index (χ0v) is 13.7. The number of benzene rings is 1. The van der Waals surface area contributed by atoms with Crippen molar-refractivity contribution in [1.82, 2.24) is 5.32 Å². The average Bonchev–Trinajstić information content (AvgIpc) is 2.53. The fourth-order valence-corrected chi connectivity index (χ4v) is 2.24. The summed E-state index contributed by atoms with van der Waals surface area (Å²) in [5.74, 6) is -0.171. The molecule has 1 N–H and O–H groups in total. The number of carbonyl (C=O) groups is 2. The largest absolute Gasteiger partial charge is 0.464 e. The number of nitrogens with one attached hydrogen (secondary N) is 1. The van der Waals surface area contributed by atoms with Crippen LogP contribution < -0.4 is 5.32 Å². The Morgan fingerprint density at radius 3 is 2.45 bits per heavy atom. The number of rotatable bonds is 7. The standard InChI is InChI=1S/C17H25NO4/c1-5-22-15(19)17(3,18-16(20)21-4)12-11-13(2)14-9-7-6-8-10-14/h6-10,13H,5,11-12H2,1-4H3,(H,18,20). The number of carbonyl (C=O) groups excluding carboxylic acids is 2. The number of esters is 1. The topological polar surface area (TPSA) is 64.6 Å². The summed E-state index contributed by atoms with van der Waals surface area (Å²) in [6.07, 6.45) is 0.572. The minimum absolute atomic E-state index is 0.269. The molecule has 22 heavy (non-hydrogen) atoms. The molecule has 0 fully saturated rings. The molecule has 0 bridgehead atoms. The average molecular weight is 307 g/mol. The van der Waals surface area contributed by atoms with Crippen molar-refractivity contribution >= 4 is 12.1 Å². The van der Waals surface area contributed by atoms with Crippen LogP contribution in [0.4, 0.5) is 4.79 Å². The Bertz CT molecular complexity index is 489. The highest BCUT2D eigenvalue weighted by atomic mass is 16.5. The van der Waals surface area contributed by atoms with Crippen LogP contribution in [0.2, 0.25) is 0 Å². The van der Waals surface area contributed by atoms with Gasteiger partial charge >= 0.3 is 12.1 Å². The van der Waals surface area contributed by atoms with Crippen molar-refractivity contribution in [2.45, 2.75) is 45.1 Å². The molecule has 0 saturated carbocycles. The number of methoxy groups -OCH3 is 1. The lowest BCUT2D eigenvalue weighted by atomic mass is 9.88. The van der Waals surface area contributed by atoms with Gasteiger partial charge in [0.2, 0.25) is 0 Å². The minimum atomic E-state index is -1.09. The third kappa shape index (κ3) is 5.06. The first-order chi connectivity index (χ1) is 10.4. The predicted molar refractivity (Wildman–Crippen MR) is 84.7 cm³/mol. The quantitative estimate of drug-likeness (QED) is 0.785. The molecule has 1 aromatic rings. The van der Waals surface area contributed by atoms with Gasteiger partial charge in [0.05, 0.1) is 13.7 Å². The van der Waals surface area contributed by atoms with Gasteiger partial charge in [0.25, 0.3) is 0 Å². The fraction of sp³-hybridized carbons (Fsp3) is 0.529. The molecule has 5 nitrogen and oxygen atoms in total. The van der Waals surface area contributed by atoms with Gasteiger partial charge in [0.15, 0.2) is 0 Å². The molecule has 122 valence electrons. The maximum absolute atomic E-state index is 12.2. The van der Waals surface area contributed by atoms with Gasteiger partial charge < -0.3 is 14.8 Å². The Hall–Kier alpha value is -2.04. The predicted octanol–water partition coefficient (Wildman–Crippen LogP) is 3.25. The summed E-state index contributed by atoms with van der Waals surface area (Å²) in [5.41, 5.74) is 0.110. The number of amides is 1. The van der Waals surface area contributed by atoms with Crippen molar-refractivity contribution in [2.75, 3.05) is 13.7 Å². The van der Waals surface area contributed by atoms with Crippen LogP contribution in [0, 0.1) is 0 Å². The Balaban J connectivity index is 2.76. The Kier molecular flexibility index (Phi) is 6.89. The summed E-state index contributed by atoms with van der Waals surface area (Å²) < 4.78 is 9.69. The van der Waals surface area contributed by atoms with Gasteiger partial charge in [0.1, 0.15) is 5.54 Å². The second-order valence-corrected chi connectivity index (χ2v) is 5.52. The minimum Gasteiger partial charge on any atom is -0.464 e. The first-order valence-corrected chi connectivity index (χ1v) is 7.51. The molecular weight excluding hydrogens is 282 g/mol. The molecule has 0 aliphatic heterocycles. The van der Waals surface area contributed by atoms with Crippen molar-refractivity contribution in [1.29, 1.82) is 0 Å². The SMILES string of the molecule is CCOC(=O)C(C)(CCC(C)c1ccccc1)NC(=O)OC. The van der Waals surface area contributed by atoms with E-state index in [4.69, 9.17) is 4.74 Å². The molecule has 1 amide bonds. The van der Waals surface area contributed by atoms with E-state index in [-0.39, 0.29) is 12.5 Å². The summed E-state index contributed by atoms with van der Waals surface area (Å²) in [6.45, 7) is 5.77. The highest BCUT2D eigenvalue weighted by Crippen LogP contribution is 2.25. The van der Waals surface area contributed by atoms with Gasteiger partial charge in [0, 0.05) is 0 Å². The first-order valence-electron chi connectivity index (χ1n) is 7.51. The van der Waals surface area contributed by atoms with Gasteiger partial charge in [-0.05, 0) is 38.2 Å². The summed E-state index contributed by atoms with van der Waals surface area (Å²) in [6, 6.07) is 10.1. The van der Waals surface area contributed by atoms with E-state index >= 15 is 0 Å². The number of hydrogen-bond acceptors (Lipinski definition) is 4. The number of ether oxygens (including phenoxy) is 2. The third-order valence-electron chi connectivity index (χ3n) is 3.74. The Morgan fingerprint density at radius 2 is 1.91 bits per heavy atom.